The SMILES string of the molecule is CC1(C)CN(C(=O)CC2CCCCO2)CCC1N.Cl. The molecule has 19 heavy (non-hydrogen) atoms. The normalized spacial score (nSPS) is 30.6. The Labute approximate surface area is 122 Å². The Balaban J connectivity index is 0.00000180. The quantitative estimate of drug-likeness (QED) is 0.846. The number of likely N-dealkylation sites (tertiary alicyclic amines) is 1. The first-order chi connectivity index (χ1) is 8.49. The zero-order valence-corrected chi connectivity index (χ0v) is 12.9. The lowest BCUT2D eigenvalue weighted by molar-refractivity contribution is -0.138. The van der Waals surface area contributed by atoms with Gasteiger partial charge in [-0.3, -0.25) is 4.79 Å². The number of nitrogens with zero attached hydrogens (tertiary/aromatic N) is 1. The van der Waals surface area contributed by atoms with Crippen LogP contribution in [0.1, 0.15) is 46.0 Å². The van der Waals surface area contributed by atoms with E-state index in [1.807, 2.05) is 4.90 Å². The van der Waals surface area contributed by atoms with Crippen molar-refractivity contribution < 1.29 is 9.53 Å². The smallest absolute Gasteiger partial charge is 0.225 e. The number of rotatable bonds is 2. The summed E-state index contributed by atoms with van der Waals surface area (Å²) >= 11 is 0. The van der Waals surface area contributed by atoms with E-state index in [1.165, 1.54) is 6.42 Å². The van der Waals surface area contributed by atoms with Gasteiger partial charge in [0.15, 0.2) is 0 Å². The van der Waals surface area contributed by atoms with Crippen LogP contribution in [0.5, 0.6) is 0 Å². The Morgan fingerprint density at radius 2 is 2.11 bits per heavy atom. The lowest BCUT2D eigenvalue weighted by atomic mass is 9.79. The number of amides is 1. The third kappa shape index (κ3) is 4.33. The van der Waals surface area contributed by atoms with Crippen molar-refractivity contribution in [1.82, 2.24) is 4.90 Å². The van der Waals surface area contributed by atoms with Gasteiger partial charge in [0.05, 0.1) is 12.5 Å². The summed E-state index contributed by atoms with van der Waals surface area (Å²) in [6, 6.07) is 0.201. The fourth-order valence-corrected chi connectivity index (χ4v) is 2.88. The average Bonchev–Trinajstić information content (AvgIpc) is 2.34. The van der Waals surface area contributed by atoms with Gasteiger partial charge in [0.25, 0.3) is 0 Å². The molecule has 112 valence electrons. The summed E-state index contributed by atoms with van der Waals surface area (Å²) in [4.78, 5) is 14.2. The Morgan fingerprint density at radius 3 is 2.68 bits per heavy atom. The summed E-state index contributed by atoms with van der Waals surface area (Å²) < 4.78 is 5.64. The highest BCUT2D eigenvalue weighted by Gasteiger charge is 2.35. The molecule has 0 radical (unpaired) electrons. The van der Waals surface area contributed by atoms with Crippen LogP contribution in [0.4, 0.5) is 0 Å². The molecule has 2 unspecified atom stereocenters. The van der Waals surface area contributed by atoms with E-state index in [-0.39, 0.29) is 35.9 Å². The van der Waals surface area contributed by atoms with Crippen molar-refractivity contribution >= 4 is 18.3 Å². The predicted octanol–water partition coefficient (Wildman–Crippen LogP) is 1.95. The zero-order valence-electron chi connectivity index (χ0n) is 12.1. The first-order valence-electron chi connectivity index (χ1n) is 7.14. The van der Waals surface area contributed by atoms with E-state index in [4.69, 9.17) is 10.5 Å². The van der Waals surface area contributed by atoms with Crippen molar-refractivity contribution in [2.24, 2.45) is 11.1 Å². The van der Waals surface area contributed by atoms with Gasteiger partial charge in [-0.05, 0) is 31.1 Å². The minimum Gasteiger partial charge on any atom is -0.378 e. The molecular weight excluding hydrogens is 264 g/mol. The molecule has 2 aliphatic rings. The van der Waals surface area contributed by atoms with Gasteiger partial charge in [0.1, 0.15) is 0 Å². The molecule has 0 aromatic heterocycles. The van der Waals surface area contributed by atoms with E-state index in [9.17, 15) is 4.79 Å². The topological polar surface area (TPSA) is 55.6 Å². The van der Waals surface area contributed by atoms with Crippen molar-refractivity contribution in [1.29, 1.82) is 0 Å². The molecule has 2 atom stereocenters. The Hall–Kier alpha value is -0.320. The maximum atomic E-state index is 12.3. The van der Waals surface area contributed by atoms with Crippen LogP contribution < -0.4 is 5.73 Å². The molecular formula is C14H27ClN2O2. The monoisotopic (exact) mass is 290 g/mol. The second-order valence-corrected chi connectivity index (χ2v) is 6.39. The van der Waals surface area contributed by atoms with Crippen LogP contribution in [0.25, 0.3) is 0 Å². The maximum absolute atomic E-state index is 12.3. The highest BCUT2D eigenvalue weighted by Crippen LogP contribution is 2.28. The third-order valence-electron chi connectivity index (χ3n) is 4.34. The van der Waals surface area contributed by atoms with Crippen LogP contribution >= 0.6 is 12.4 Å². The summed E-state index contributed by atoms with van der Waals surface area (Å²) in [6.07, 6.45) is 4.95. The van der Waals surface area contributed by atoms with Crippen LogP contribution in [0, 0.1) is 5.41 Å². The Kier molecular flexibility index (Phi) is 6.09. The molecule has 2 N–H and O–H groups in total. The molecule has 0 aliphatic carbocycles. The second kappa shape index (κ2) is 6.91. The van der Waals surface area contributed by atoms with Crippen molar-refractivity contribution in [3.05, 3.63) is 0 Å². The molecule has 2 heterocycles. The minimum atomic E-state index is 0. The number of piperidine rings is 1. The van der Waals surface area contributed by atoms with Gasteiger partial charge in [-0.1, -0.05) is 13.8 Å². The molecule has 0 saturated carbocycles. The van der Waals surface area contributed by atoms with Crippen LogP contribution in [-0.2, 0) is 9.53 Å². The molecule has 0 aromatic carbocycles. The van der Waals surface area contributed by atoms with E-state index >= 15 is 0 Å². The minimum absolute atomic E-state index is 0. The highest BCUT2D eigenvalue weighted by atomic mass is 35.5. The van der Waals surface area contributed by atoms with Gasteiger partial charge >= 0.3 is 0 Å². The van der Waals surface area contributed by atoms with Crippen LogP contribution in [0.2, 0.25) is 0 Å². The Bertz CT molecular complexity index is 304. The van der Waals surface area contributed by atoms with Crippen LogP contribution in [0.15, 0.2) is 0 Å². The molecule has 2 rings (SSSR count). The van der Waals surface area contributed by atoms with Crippen LogP contribution in [-0.4, -0.2) is 42.6 Å². The van der Waals surface area contributed by atoms with Gasteiger partial charge in [-0.25, -0.2) is 0 Å². The van der Waals surface area contributed by atoms with Crippen molar-refractivity contribution in [2.75, 3.05) is 19.7 Å². The first kappa shape index (κ1) is 16.7. The van der Waals surface area contributed by atoms with Gasteiger partial charge in [-0.2, -0.15) is 0 Å². The number of halogens is 1. The molecule has 1 amide bonds. The van der Waals surface area contributed by atoms with E-state index in [1.54, 1.807) is 0 Å². The molecule has 4 nitrogen and oxygen atoms in total. The molecule has 0 spiro atoms. The molecule has 2 saturated heterocycles. The number of nitrogens with two attached hydrogens (primary N) is 1. The number of hydrogen-bond donors (Lipinski definition) is 1. The molecule has 0 bridgehead atoms. The zero-order chi connectivity index (χ0) is 13.2. The largest absolute Gasteiger partial charge is 0.378 e. The number of hydrogen-bond acceptors (Lipinski definition) is 3. The van der Waals surface area contributed by atoms with Crippen molar-refractivity contribution in [2.45, 2.75) is 58.1 Å². The standard InChI is InChI=1S/C14H26N2O2.ClH/c1-14(2)10-16(7-6-12(14)15)13(17)9-11-5-3-4-8-18-11;/h11-12H,3-10,15H2,1-2H3;1H. The third-order valence-corrected chi connectivity index (χ3v) is 4.34. The van der Waals surface area contributed by atoms with Crippen LogP contribution in [0.3, 0.4) is 0 Å². The summed E-state index contributed by atoms with van der Waals surface area (Å²) in [5.74, 6) is 0.238. The fourth-order valence-electron chi connectivity index (χ4n) is 2.88. The predicted molar refractivity (Wildman–Crippen MR) is 78.4 cm³/mol. The van der Waals surface area contributed by atoms with E-state index < -0.39 is 0 Å². The summed E-state index contributed by atoms with van der Waals surface area (Å²) in [6.45, 7) is 6.69. The summed E-state index contributed by atoms with van der Waals surface area (Å²) in [5.41, 5.74) is 6.13. The molecule has 5 heteroatoms. The van der Waals surface area contributed by atoms with E-state index in [2.05, 4.69) is 13.8 Å². The van der Waals surface area contributed by atoms with Crippen molar-refractivity contribution in [3.63, 3.8) is 0 Å². The number of carbonyl (C=O) groups is 1. The van der Waals surface area contributed by atoms with Crippen molar-refractivity contribution in [3.8, 4) is 0 Å². The Morgan fingerprint density at radius 1 is 1.37 bits per heavy atom. The summed E-state index contributed by atoms with van der Waals surface area (Å²) in [7, 11) is 0. The lowest BCUT2D eigenvalue weighted by Crippen LogP contribution is -2.54. The number of ether oxygens (including phenoxy) is 1. The molecule has 2 aliphatic heterocycles. The highest BCUT2D eigenvalue weighted by molar-refractivity contribution is 5.85. The number of carbonyl (C=O) groups excluding carboxylic acids is 1. The van der Waals surface area contributed by atoms with E-state index in [0.29, 0.717) is 6.42 Å². The molecule has 2 fully saturated rings. The second-order valence-electron chi connectivity index (χ2n) is 6.39. The van der Waals surface area contributed by atoms with Gasteiger partial charge in [0.2, 0.25) is 5.91 Å². The lowest BCUT2D eigenvalue weighted by Gasteiger charge is -2.43. The first-order valence-corrected chi connectivity index (χ1v) is 7.14. The van der Waals surface area contributed by atoms with Gasteiger partial charge in [-0.15, -0.1) is 12.4 Å². The average molecular weight is 291 g/mol. The van der Waals surface area contributed by atoms with Gasteiger partial charge in [0, 0.05) is 25.7 Å². The molecule has 0 aromatic rings. The van der Waals surface area contributed by atoms with E-state index in [0.717, 1.165) is 39.0 Å². The van der Waals surface area contributed by atoms with Gasteiger partial charge < -0.3 is 15.4 Å². The fraction of sp³-hybridized carbons (Fsp3) is 0.929. The maximum Gasteiger partial charge on any atom is 0.225 e. The summed E-state index contributed by atoms with van der Waals surface area (Å²) in [5, 5.41) is 0.